The number of methoxy groups -OCH3 is 2. The van der Waals surface area contributed by atoms with E-state index in [1.54, 1.807) is 19.1 Å². The van der Waals surface area contributed by atoms with Crippen molar-refractivity contribution in [3.8, 4) is 11.5 Å². The lowest BCUT2D eigenvalue weighted by molar-refractivity contribution is -0.916. The van der Waals surface area contributed by atoms with Crippen LogP contribution in [-0.2, 0) is 17.8 Å². The summed E-state index contributed by atoms with van der Waals surface area (Å²) in [7, 11) is 5.61. The van der Waals surface area contributed by atoms with Crippen LogP contribution in [-0.4, -0.2) is 51.2 Å². The van der Waals surface area contributed by atoms with Gasteiger partial charge in [-0.3, -0.25) is 4.79 Å². The number of quaternary nitrogens is 1. The summed E-state index contributed by atoms with van der Waals surface area (Å²) in [6, 6.07) is 17.4. The molecule has 1 aliphatic rings. The average molecular weight is 468 g/mol. The van der Waals surface area contributed by atoms with Crippen molar-refractivity contribution < 1.29 is 19.2 Å². The molecule has 186 valence electrons. The van der Waals surface area contributed by atoms with E-state index < -0.39 is 0 Å². The third kappa shape index (κ3) is 6.12. The van der Waals surface area contributed by atoms with Crippen LogP contribution in [0.2, 0.25) is 0 Å². The normalized spacial score (nSPS) is 24.5. The lowest BCUT2D eigenvalue weighted by Gasteiger charge is -2.48. The maximum absolute atomic E-state index is 13.0. The topological polar surface area (TPSA) is 43.2 Å². The molecular formula is C29H43N2O3+. The Kier molecular flexibility index (Phi) is 9.01. The van der Waals surface area contributed by atoms with Crippen molar-refractivity contribution in [1.82, 2.24) is 4.90 Å². The first-order valence-corrected chi connectivity index (χ1v) is 12.7. The number of nitrogens with zero attached hydrogens (tertiary/aromatic N) is 1. The molecule has 0 spiro atoms. The number of ether oxygens (including phenoxy) is 2. The Labute approximate surface area is 206 Å². The molecule has 1 fully saturated rings. The van der Waals surface area contributed by atoms with Gasteiger partial charge >= 0.3 is 0 Å². The van der Waals surface area contributed by atoms with Crippen LogP contribution in [0.1, 0.15) is 51.2 Å². The van der Waals surface area contributed by atoms with Crippen LogP contribution in [0.25, 0.3) is 0 Å². The predicted octanol–water partition coefficient (Wildman–Crippen LogP) is 4.00. The number of hydrogen-bond acceptors (Lipinski definition) is 3. The molecule has 4 unspecified atom stereocenters. The van der Waals surface area contributed by atoms with E-state index in [-0.39, 0.29) is 11.3 Å². The molecule has 3 rings (SSSR count). The number of nitrogens with one attached hydrogen (secondary N) is 1. The molecule has 2 aromatic carbocycles. The number of hydrogen-bond donors (Lipinski definition) is 1. The fraction of sp³-hybridized carbons (Fsp3) is 0.552. The monoisotopic (exact) mass is 467 g/mol. The van der Waals surface area contributed by atoms with E-state index in [0.29, 0.717) is 36.4 Å². The zero-order chi connectivity index (χ0) is 24.7. The van der Waals surface area contributed by atoms with E-state index in [1.807, 2.05) is 30.0 Å². The van der Waals surface area contributed by atoms with Crippen molar-refractivity contribution in [3.05, 3.63) is 59.7 Å². The van der Waals surface area contributed by atoms with Crippen molar-refractivity contribution in [2.75, 3.05) is 34.4 Å². The Bertz CT molecular complexity index is 932. The molecule has 1 N–H and O–H groups in total. The summed E-state index contributed by atoms with van der Waals surface area (Å²) in [5.41, 5.74) is 2.64. The van der Waals surface area contributed by atoms with Crippen molar-refractivity contribution >= 4 is 5.91 Å². The Morgan fingerprint density at radius 3 is 2.41 bits per heavy atom. The van der Waals surface area contributed by atoms with Crippen LogP contribution in [0.3, 0.4) is 0 Å². The van der Waals surface area contributed by atoms with E-state index in [0.717, 1.165) is 24.9 Å². The lowest BCUT2D eigenvalue weighted by atomic mass is 9.63. The summed E-state index contributed by atoms with van der Waals surface area (Å²) in [6.07, 6.45) is 3.77. The maximum Gasteiger partial charge on any atom is 0.222 e. The van der Waals surface area contributed by atoms with Crippen LogP contribution in [0.5, 0.6) is 11.5 Å². The van der Waals surface area contributed by atoms with Crippen LogP contribution >= 0.6 is 0 Å². The van der Waals surface area contributed by atoms with E-state index in [2.05, 4.69) is 51.2 Å². The number of benzene rings is 2. The van der Waals surface area contributed by atoms with Crippen LogP contribution in [0.4, 0.5) is 0 Å². The Hall–Kier alpha value is -2.53. The van der Waals surface area contributed by atoms with Gasteiger partial charge in [-0.25, -0.2) is 0 Å². The van der Waals surface area contributed by atoms with Crippen molar-refractivity contribution in [2.24, 2.45) is 11.3 Å². The molecule has 0 aromatic heterocycles. The minimum absolute atomic E-state index is 0.185. The molecule has 1 heterocycles. The van der Waals surface area contributed by atoms with Gasteiger partial charge in [0.15, 0.2) is 11.5 Å². The maximum atomic E-state index is 13.0. The van der Waals surface area contributed by atoms with Crippen molar-refractivity contribution in [2.45, 2.75) is 59.0 Å². The number of carbonyl (C=O) groups is 1. The van der Waals surface area contributed by atoms with Gasteiger partial charge in [0, 0.05) is 31.8 Å². The molecule has 1 amide bonds. The van der Waals surface area contributed by atoms with Gasteiger partial charge in [0.1, 0.15) is 0 Å². The molecule has 1 aliphatic heterocycles. The molecular weight excluding hydrogens is 424 g/mol. The molecule has 0 aliphatic carbocycles. The smallest absolute Gasteiger partial charge is 0.222 e. The number of likely N-dealkylation sites (tertiary alicyclic amines) is 1. The third-order valence-corrected chi connectivity index (χ3v) is 7.98. The molecule has 1 saturated heterocycles. The van der Waals surface area contributed by atoms with Gasteiger partial charge in [0.05, 0.1) is 33.9 Å². The summed E-state index contributed by atoms with van der Waals surface area (Å²) in [6.45, 7) is 9.27. The van der Waals surface area contributed by atoms with E-state index in [9.17, 15) is 4.79 Å². The highest BCUT2D eigenvalue weighted by Gasteiger charge is 2.45. The van der Waals surface area contributed by atoms with Crippen LogP contribution < -0.4 is 14.4 Å². The summed E-state index contributed by atoms with van der Waals surface area (Å²) >= 11 is 0. The van der Waals surface area contributed by atoms with E-state index in [1.165, 1.54) is 18.5 Å². The van der Waals surface area contributed by atoms with Gasteiger partial charge in [-0.05, 0) is 48.4 Å². The molecule has 34 heavy (non-hydrogen) atoms. The highest BCUT2D eigenvalue weighted by Crippen LogP contribution is 2.41. The zero-order valence-electron chi connectivity index (χ0n) is 21.9. The summed E-state index contributed by atoms with van der Waals surface area (Å²) in [5, 5.41) is 0. The minimum atomic E-state index is 0.185. The standard InChI is InChI=1S/C29H42N2O3/c1-7-28(32)31(21-25-13-14-26(33-5)27(17-25)34-6)16-15-29(19-24-11-9-8-10-12-24)18-23(3)30(4)20-22(29)2/h8-14,17,22-23H,7,15-16,18-21H2,1-6H3/p+1. The van der Waals surface area contributed by atoms with Crippen LogP contribution in [0, 0.1) is 11.3 Å². The van der Waals surface area contributed by atoms with E-state index >= 15 is 0 Å². The molecule has 4 atom stereocenters. The quantitative estimate of drug-likeness (QED) is 0.574. The summed E-state index contributed by atoms with van der Waals surface area (Å²) < 4.78 is 10.9. The van der Waals surface area contributed by atoms with Crippen LogP contribution in [0.15, 0.2) is 48.5 Å². The highest BCUT2D eigenvalue weighted by atomic mass is 16.5. The van der Waals surface area contributed by atoms with Gasteiger partial charge in [0.25, 0.3) is 0 Å². The zero-order valence-corrected chi connectivity index (χ0v) is 21.9. The van der Waals surface area contributed by atoms with Gasteiger partial charge < -0.3 is 19.3 Å². The minimum Gasteiger partial charge on any atom is -0.493 e. The molecule has 5 heteroatoms. The highest BCUT2D eigenvalue weighted by molar-refractivity contribution is 5.75. The SMILES string of the molecule is CCC(=O)N(CCC1(Cc2ccccc2)CC(C)[NH+](C)CC1C)Cc1ccc(OC)c(OC)c1. The van der Waals surface area contributed by atoms with Gasteiger partial charge in [0.2, 0.25) is 5.91 Å². The number of rotatable bonds is 10. The molecule has 0 bridgehead atoms. The fourth-order valence-corrected chi connectivity index (χ4v) is 5.64. The third-order valence-electron chi connectivity index (χ3n) is 7.98. The second-order valence-electron chi connectivity index (χ2n) is 10.2. The van der Waals surface area contributed by atoms with E-state index in [4.69, 9.17) is 9.47 Å². The predicted molar refractivity (Wildman–Crippen MR) is 137 cm³/mol. The Balaban J connectivity index is 1.83. The second-order valence-corrected chi connectivity index (χ2v) is 10.2. The molecule has 0 saturated carbocycles. The number of carbonyl (C=O) groups excluding carboxylic acids is 1. The summed E-state index contributed by atoms with van der Waals surface area (Å²) in [4.78, 5) is 16.6. The Morgan fingerprint density at radius 2 is 1.76 bits per heavy atom. The number of piperidine rings is 1. The largest absolute Gasteiger partial charge is 0.493 e. The van der Waals surface area contributed by atoms with Gasteiger partial charge in [-0.15, -0.1) is 0 Å². The molecule has 2 aromatic rings. The van der Waals surface area contributed by atoms with Crippen molar-refractivity contribution in [1.29, 1.82) is 0 Å². The van der Waals surface area contributed by atoms with Crippen molar-refractivity contribution in [3.63, 3.8) is 0 Å². The molecule has 0 radical (unpaired) electrons. The Morgan fingerprint density at radius 1 is 1.06 bits per heavy atom. The average Bonchev–Trinajstić information content (AvgIpc) is 2.85. The first kappa shape index (κ1) is 26.1. The first-order valence-electron chi connectivity index (χ1n) is 12.7. The first-order chi connectivity index (χ1) is 16.3. The molecule has 5 nitrogen and oxygen atoms in total. The second kappa shape index (κ2) is 11.7. The number of amides is 1. The lowest BCUT2D eigenvalue weighted by Crippen LogP contribution is -3.15. The van der Waals surface area contributed by atoms with Gasteiger partial charge in [-0.1, -0.05) is 50.2 Å². The summed E-state index contributed by atoms with van der Waals surface area (Å²) in [5.74, 6) is 2.19. The van der Waals surface area contributed by atoms with Gasteiger partial charge in [-0.2, -0.15) is 0 Å². The fourth-order valence-electron chi connectivity index (χ4n) is 5.64.